The number of fused-ring (bicyclic) bond motifs is 1. The number of carbonyl (C=O) groups excluding carboxylic acids is 3. The highest BCUT2D eigenvalue weighted by Crippen LogP contribution is 2.34. The first kappa shape index (κ1) is 41.9. The van der Waals surface area contributed by atoms with E-state index in [1.807, 2.05) is 0 Å². The van der Waals surface area contributed by atoms with Gasteiger partial charge in [-0.25, -0.2) is 17.5 Å². The Morgan fingerprint density at radius 2 is 1.59 bits per heavy atom. The first-order chi connectivity index (χ1) is 29.1. The number of nitrogens with one attached hydrogen (secondary N) is 3. The van der Waals surface area contributed by atoms with Crippen LogP contribution in [0.25, 0.3) is 16.8 Å². The molecule has 1 aliphatic heterocycles. The number of methoxy groups -OCH3 is 1. The smallest absolute Gasteiger partial charge is 0.435 e. The fourth-order valence-electron chi connectivity index (χ4n) is 6.53. The van der Waals surface area contributed by atoms with Gasteiger partial charge in [-0.05, 0) is 65.2 Å². The first-order valence-electron chi connectivity index (χ1n) is 18.4. The topological polar surface area (TPSA) is 167 Å². The van der Waals surface area contributed by atoms with Gasteiger partial charge in [0.15, 0.2) is 27.0 Å². The van der Waals surface area contributed by atoms with Gasteiger partial charge >= 0.3 is 6.18 Å². The van der Waals surface area contributed by atoms with Crippen LogP contribution in [0.15, 0.2) is 120 Å². The summed E-state index contributed by atoms with van der Waals surface area (Å²) in [6, 6.07) is 26.2. The molecule has 1 atom stereocenters. The van der Waals surface area contributed by atoms with E-state index in [0.29, 0.717) is 33.4 Å². The Kier molecular flexibility index (Phi) is 11.8. The summed E-state index contributed by atoms with van der Waals surface area (Å²) < 4.78 is 99.6. The molecule has 0 bridgehead atoms. The fraction of sp³-hybridized carbons (Fsp3) is 0.163. The first-order valence-corrected chi connectivity index (χ1v) is 20.2. The van der Waals surface area contributed by atoms with Gasteiger partial charge in [0.05, 0.1) is 28.9 Å². The van der Waals surface area contributed by atoms with Crippen LogP contribution in [0.5, 0.6) is 17.2 Å². The van der Waals surface area contributed by atoms with Gasteiger partial charge in [0, 0.05) is 30.9 Å². The van der Waals surface area contributed by atoms with E-state index in [1.54, 1.807) is 54.6 Å². The van der Waals surface area contributed by atoms with E-state index in [4.69, 9.17) is 14.2 Å². The highest BCUT2D eigenvalue weighted by molar-refractivity contribution is 7.90. The number of ether oxygens (including phenoxy) is 3. The maximum Gasteiger partial charge on any atom is 0.435 e. The third-order valence-corrected chi connectivity index (χ3v) is 10.7. The molecule has 314 valence electrons. The molecule has 2 heterocycles. The lowest BCUT2D eigenvalue weighted by atomic mass is 10.0. The Morgan fingerprint density at radius 1 is 0.852 bits per heavy atom. The molecule has 0 saturated heterocycles. The molecule has 3 amide bonds. The average molecular weight is 858 g/mol. The minimum Gasteiger partial charge on any atom is -0.497 e. The molecule has 13 nitrogen and oxygen atoms in total. The zero-order chi connectivity index (χ0) is 43.5. The number of amides is 3. The monoisotopic (exact) mass is 857 g/mol. The van der Waals surface area contributed by atoms with Crippen molar-refractivity contribution in [2.24, 2.45) is 0 Å². The number of benzene rings is 5. The molecule has 0 aliphatic carbocycles. The summed E-state index contributed by atoms with van der Waals surface area (Å²) in [7, 11) is -2.41. The Morgan fingerprint density at radius 3 is 2.31 bits per heavy atom. The van der Waals surface area contributed by atoms with Crippen LogP contribution >= 0.6 is 0 Å². The molecule has 0 fully saturated rings. The summed E-state index contributed by atoms with van der Waals surface area (Å²) in [5.74, 6) is -2.63. The van der Waals surface area contributed by atoms with Gasteiger partial charge in [-0.15, -0.1) is 0 Å². The Labute approximate surface area is 346 Å². The predicted molar refractivity (Wildman–Crippen MR) is 214 cm³/mol. The van der Waals surface area contributed by atoms with Gasteiger partial charge in [0.25, 0.3) is 11.8 Å². The quantitative estimate of drug-likeness (QED) is 0.107. The molecular formula is C43H35F4N5O8S. The van der Waals surface area contributed by atoms with Gasteiger partial charge in [-0.2, -0.15) is 18.3 Å². The Bertz CT molecular complexity index is 2760. The van der Waals surface area contributed by atoms with E-state index in [1.165, 1.54) is 49.6 Å². The molecule has 6 aromatic rings. The van der Waals surface area contributed by atoms with Crippen molar-refractivity contribution >= 4 is 33.2 Å². The van der Waals surface area contributed by atoms with Crippen molar-refractivity contribution in [3.05, 3.63) is 149 Å². The highest BCUT2D eigenvalue weighted by atomic mass is 32.2. The second kappa shape index (κ2) is 17.2. The lowest BCUT2D eigenvalue weighted by molar-refractivity contribution is -0.141. The number of carbonyl (C=O) groups is 3. The largest absolute Gasteiger partial charge is 0.497 e. The second-order valence-corrected chi connectivity index (χ2v) is 15.7. The number of alkyl halides is 3. The third-order valence-electron chi connectivity index (χ3n) is 9.53. The van der Waals surface area contributed by atoms with E-state index in [9.17, 15) is 36.0 Å². The summed E-state index contributed by atoms with van der Waals surface area (Å²) in [5, 5.41) is 11.4. The lowest BCUT2D eigenvalue weighted by Crippen LogP contribution is -2.48. The summed E-state index contributed by atoms with van der Waals surface area (Å²) >= 11 is 0. The zero-order valence-corrected chi connectivity index (χ0v) is 33.1. The average Bonchev–Trinajstić information content (AvgIpc) is 3.91. The van der Waals surface area contributed by atoms with Crippen LogP contribution in [0, 0.1) is 5.82 Å². The van der Waals surface area contributed by atoms with Crippen molar-refractivity contribution in [1.29, 1.82) is 0 Å². The standard InChI is InChI=1S/C43H35F4N5O8S/c1-58-28-14-16-34(30(21-28)40(53)50-33(18-25-8-4-3-5-9-25)41(54)48-23-26-12-17-36-37(19-26)60-24-59-36)52-35(22-39(51-52)43(45,46)47)42(55)49-32-15-13-27(20-31(32)44)29-10-6-7-11-38(29)61(2,56)57/h3-17,19-22,33H,18,23-24H2,1-2H3,(H,48,54)(H,49,55)(H,50,53)/t33-/m0/s1. The van der Waals surface area contributed by atoms with Crippen molar-refractivity contribution < 1.29 is 54.6 Å². The zero-order valence-electron chi connectivity index (χ0n) is 32.2. The lowest BCUT2D eigenvalue weighted by Gasteiger charge is -2.20. The maximum absolute atomic E-state index is 15.6. The van der Waals surface area contributed by atoms with Crippen molar-refractivity contribution in [2.75, 3.05) is 25.5 Å². The number of nitrogens with zero attached hydrogens (tertiary/aromatic N) is 2. The van der Waals surface area contributed by atoms with Crippen molar-refractivity contribution in [1.82, 2.24) is 20.4 Å². The van der Waals surface area contributed by atoms with E-state index in [0.717, 1.165) is 18.4 Å². The van der Waals surface area contributed by atoms with Crippen LogP contribution in [0.4, 0.5) is 23.2 Å². The van der Waals surface area contributed by atoms with Gasteiger partial charge in [0.1, 0.15) is 23.3 Å². The van der Waals surface area contributed by atoms with E-state index in [-0.39, 0.29) is 52.8 Å². The fourth-order valence-corrected chi connectivity index (χ4v) is 7.44. The number of hydrogen-bond donors (Lipinski definition) is 3. The van der Waals surface area contributed by atoms with Crippen LogP contribution in [0.3, 0.4) is 0 Å². The van der Waals surface area contributed by atoms with Crippen LogP contribution in [-0.2, 0) is 33.8 Å². The van der Waals surface area contributed by atoms with Gasteiger partial charge < -0.3 is 30.2 Å². The molecule has 5 aromatic carbocycles. The number of sulfone groups is 1. The van der Waals surface area contributed by atoms with Crippen molar-refractivity contribution in [2.45, 2.75) is 30.1 Å². The number of hydrogen-bond acceptors (Lipinski definition) is 9. The molecule has 1 aromatic heterocycles. The summed E-state index contributed by atoms with van der Waals surface area (Å²) in [5.41, 5.74) is -1.63. The van der Waals surface area contributed by atoms with E-state index < -0.39 is 62.7 Å². The molecule has 0 radical (unpaired) electrons. The maximum atomic E-state index is 15.6. The normalized spacial score (nSPS) is 12.7. The molecule has 1 aliphatic rings. The van der Waals surface area contributed by atoms with Crippen LogP contribution < -0.4 is 30.2 Å². The number of halogens is 4. The molecular weight excluding hydrogens is 823 g/mol. The van der Waals surface area contributed by atoms with Crippen molar-refractivity contribution in [3.63, 3.8) is 0 Å². The highest BCUT2D eigenvalue weighted by Gasteiger charge is 2.37. The molecule has 0 saturated carbocycles. The number of anilines is 1. The Hall–Kier alpha value is -7.21. The SMILES string of the molecule is COc1ccc(-n2nc(C(F)(F)F)cc2C(=O)Nc2ccc(-c3ccccc3S(C)(=O)=O)cc2F)c(C(=O)N[C@@H](Cc2ccccc2)C(=O)NCc2ccc3c(c2)OCO3)c1. The summed E-state index contributed by atoms with van der Waals surface area (Å²) in [4.78, 5) is 41.7. The second-order valence-electron chi connectivity index (χ2n) is 13.7. The van der Waals surface area contributed by atoms with Gasteiger partial charge in [-0.3, -0.25) is 14.4 Å². The van der Waals surface area contributed by atoms with Gasteiger partial charge in [-0.1, -0.05) is 60.7 Å². The van der Waals surface area contributed by atoms with Crippen LogP contribution in [0.1, 0.15) is 37.7 Å². The third kappa shape index (κ3) is 9.49. The Balaban J connectivity index is 1.20. The van der Waals surface area contributed by atoms with Crippen LogP contribution in [0.2, 0.25) is 0 Å². The number of aromatic nitrogens is 2. The molecule has 0 spiro atoms. The molecule has 18 heteroatoms. The minimum absolute atomic E-state index is 0.0106. The minimum atomic E-state index is -5.06. The van der Waals surface area contributed by atoms with E-state index >= 15 is 4.39 Å². The summed E-state index contributed by atoms with van der Waals surface area (Å²) in [6.07, 6.45) is -4.06. The number of rotatable bonds is 13. The van der Waals surface area contributed by atoms with Crippen molar-refractivity contribution in [3.8, 4) is 34.1 Å². The molecule has 0 unspecified atom stereocenters. The van der Waals surface area contributed by atoms with Gasteiger partial charge in [0.2, 0.25) is 12.7 Å². The molecule has 7 rings (SSSR count). The van der Waals surface area contributed by atoms with Crippen LogP contribution in [-0.4, -0.2) is 62.1 Å². The molecule has 61 heavy (non-hydrogen) atoms. The summed E-state index contributed by atoms with van der Waals surface area (Å²) in [6.45, 7) is 0.105. The predicted octanol–water partition coefficient (Wildman–Crippen LogP) is 6.75. The van der Waals surface area contributed by atoms with E-state index in [2.05, 4.69) is 21.0 Å². The molecule has 3 N–H and O–H groups in total.